The van der Waals surface area contributed by atoms with E-state index in [0.29, 0.717) is 5.57 Å². The van der Waals surface area contributed by atoms with Crippen LogP contribution in [0.15, 0.2) is 37.6 Å². The molecule has 0 heterocycles. The second kappa shape index (κ2) is 4.56. The van der Waals surface area contributed by atoms with Gasteiger partial charge < -0.3 is 4.74 Å². The van der Waals surface area contributed by atoms with Gasteiger partial charge in [0, 0.05) is 0 Å². The molecule has 10 heavy (non-hydrogen) atoms. The second-order valence-electron chi connectivity index (χ2n) is 1.70. The normalized spacial score (nSPS) is 8.00. The highest BCUT2D eigenvalue weighted by Gasteiger charge is 1.99. The van der Waals surface area contributed by atoms with E-state index in [1.807, 2.05) is 0 Å². The zero-order valence-electron chi connectivity index (χ0n) is 5.80. The van der Waals surface area contributed by atoms with Gasteiger partial charge >= 0.3 is 5.97 Å². The molecule has 0 bridgehead atoms. The van der Waals surface area contributed by atoms with Gasteiger partial charge in [-0.05, 0) is 5.57 Å². The monoisotopic (exact) mass is 138 g/mol. The van der Waals surface area contributed by atoms with Crippen molar-refractivity contribution in [2.24, 2.45) is 0 Å². The summed E-state index contributed by atoms with van der Waals surface area (Å²) in [4.78, 5) is 10.6. The van der Waals surface area contributed by atoms with Crippen LogP contribution in [0.1, 0.15) is 6.42 Å². The van der Waals surface area contributed by atoms with Crippen LogP contribution < -0.4 is 0 Å². The topological polar surface area (TPSA) is 26.3 Å². The highest BCUT2D eigenvalue weighted by molar-refractivity contribution is 5.73. The molecule has 0 saturated heterocycles. The molecular weight excluding hydrogens is 128 g/mol. The lowest BCUT2D eigenvalue weighted by atomic mass is 10.2. The van der Waals surface area contributed by atoms with Gasteiger partial charge in [0.15, 0.2) is 0 Å². The Kier molecular flexibility index (Phi) is 3.96. The molecule has 0 aromatic heterocycles. The van der Waals surface area contributed by atoms with Gasteiger partial charge in [0.05, 0.1) is 12.7 Å². The number of carbonyl (C=O) groups excluding carboxylic acids is 1. The number of hydrogen-bond donors (Lipinski definition) is 0. The maximum absolute atomic E-state index is 10.6. The average molecular weight is 138 g/mol. The number of ether oxygens (including phenoxy) is 1. The van der Waals surface area contributed by atoms with Crippen LogP contribution in [0.5, 0.6) is 0 Å². The lowest BCUT2D eigenvalue weighted by Crippen LogP contribution is -1.98. The summed E-state index contributed by atoms with van der Waals surface area (Å²) in [5.41, 5.74) is 0.645. The van der Waals surface area contributed by atoms with Crippen molar-refractivity contribution in [3.05, 3.63) is 37.6 Å². The Morgan fingerprint density at radius 3 is 2.50 bits per heavy atom. The van der Waals surface area contributed by atoms with Crippen molar-refractivity contribution in [1.29, 1.82) is 0 Å². The summed E-state index contributed by atoms with van der Waals surface area (Å²) in [5.74, 6) is -0.361. The summed E-state index contributed by atoms with van der Waals surface area (Å²) in [7, 11) is 0. The molecule has 0 aromatic rings. The van der Waals surface area contributed by atoms with Crippen LogP contribution in [0.2, 0.25) is 0 Å². The van der Waals surface area contributed by atoms with Gasteiger partial charge in [0.25, 0.3) is 0 Å². The van der Waals surface area contributed by atoms with E-state index in [1.54, 1.807) is 0 Å². The Labute approximate surface area is 60.5 Å². The summed E-state index contributed by atoms with van der Waals surface area (Å²) in [6, 6.07) is 0. The van der Waals surface area contributed by atoms with Crippen molar-refractivity contribution in [3.63, 3.8) is 0 Å². The minimum Gasteiger partial charge on any atom is -0.435 e. The van der Waals surface area contributed by atoms with Gasteiger partial charge in [-0.3, -0.25) is 4.79 Å². The third-order valence-corrected chi connectivity index (χ3v) is 0.875. The van der Waals surface area contributed by atoms with Crippen molar-refractivity contribution < 1.29 is 9.53 Å². The molecule has 0 unspecified atom stereocenters. The molecule has 0 atom stereocenters. The fourth-order valence-corrected chi connectivity index (χ4v) is 0.392. The second-order valence-corrected chi connectivity index (χ2v) is 1.70. The maximum atomic E-state index is 10.6. The smallest absolute Gasteiger partial charge is 0.315 e. The van der Waals surface area contributed by atoms with E-state index < -0.39 is 0 Å². The average Bonchev–Trinajstić information content (AvgIpc) is 1.88. The van der Waals surface area contributed by atoms with Gasteiger partial charge in [-0.1, -0.05) is 25.8 Å². The van der Waals surface area contributed by atoms with Gasteiger partial charge in [-0.2, -0.15) is 0 Å². The number of hydrogen-bond acceptors (Lipinski definition) is 2. The molecule has 2 heteroatoms. The van der Waals surface area contributed by atoms with E-state index >= 15 is 0 Å². The quantitative estimate of drug-likeness (QED) is 0.336. The molecule has 2 nitrogen and oxygen atoms in total. The first-order valence-corrected chi connectivity index (χ1v) is 2.81. The molecular formula is C8H10O2. The predicted octanol–water partition coefficient (Wildman–Crippen LogP) is 1.81. The van der Waals surface area contributed by atoms with Crippen molar-refractivity contribution >= 4 is 5.97 Å². The number of rotatable bonds is 4. The van der Waals surface area contributed by atoms with Gasteiger partial charge in [-0.25, -0.2) is 0 Å². The fraction of sp³-hybridized carbons (Fsp3) is 0.125. The van der Waals surface area contributed by atoms with E-state index in [4.69, 9.17) is 0 Å². The summed E-state index contributed by atoms with van der Waals surface area (Å²) in [5, 5.41) is 0. The molecule has 0 amide bonds. The third kappa shape index (κ3) is 3.66. The molecule has 0 rings (SSSR count). The van der Waals surface area contributed by atoms with E-state index in [-0.39, 0.29) is 12.4 Å². The lowest BCUT2D eigenvalue weighted by molar-refractivity contribution is -0.137. The van der Waals surface area contributed by atoms with E-state index in [9.17, 15) is 4.79 Å². The van der Waals surface area contributed by atoms with Crippen LogP contribution in [0.3, 0.4) is 0 Å². The molecule has 0 aliphatic carbocycles. The molecule has 0 N–H and O–H groups in total. The van der Waals surface area contributed by atoms with Crippen LogP contribution in [-0.4, -0.2) is 5.97 Å². The van der Waals surface area contributed by atoms with Crippen LogP contribution in [0.25, 0.3) is 0 Å². The number of esters is 1. The highest BCUT2D eigenvalue weighted by Crippen LogP contribution is 1.99. The Hall–Kier alpha value is -1.31. The van der Waals surface area contributed by atoms with E-state index in [0.717, 1.165) is 6.26 Å². The minimum atomic E-state index is -0.361. The van der Waals surface area contributed by atoms with Crippen LogP contribution >= 0.6 is 0 Å². The summed E-state index contributed by atoms with van der Waals surface area (Å²) in [6.45, 7) is 10.2. The summed E-state index contributed by atoms with van der Waals surface area (Å²) in [6.07, 6.45) is 2.79. The maximum Gasteiger partial charge on any atom is 0.315 e. The molecule has 0 spiro atoms. The standard InChI is InChI=1S/C8H10O2/c1-4-7(3)6-8(9)10-5-2/h4-5H,1-3,6H2. The highest BCUT2D eigenvalue weighted by atomic mass is 16.5. The molecule has 54 valence electrons. The first-order valence-electron chi connectivity index (χ1n) is 2.81. The Balaban J connectivity index is 3.67. The zero-order chi connectivity index (χ0) is 7.98. The molecule has 0 saturated carbocycles. The van der Waals surface area contributed by atoms with Crippen molar-refractivity contribution in [2.75, 3.05) is 0 Å². The Morgan fingerprint density at radius 2 is 2.10 bits per heavy atom. The van der Waals surface area contributed by atoms with Gasteiger partial charge in [-0.15, -0.1) is 0 Å². The molecule has 0 aromatic carbocycles. The van der Waals surface area contributed by atoms with Crippen LogP contribution in [-0.2, 0) is 9.53 Å². The summed E-state index contributed by atoms with van der Waals surface area (Å²) >= 11 is 0. The number of carbonyl (C=O) groups is 1. The SMILES string of the molecule is C=COC(=O)CC(=C)C=C. The fourth-order valence-electron chi connectivity index (χ4n) is 0.392. The third-order valence-electron chi connectivity index (χ3n) is 0.875. The van der Waals surface area contributed by atoms with E-state index in [1.165, 1.54) is 6.08 Å². The van der Waals surface area contributed by atoms with Crippen molar-refractivity contribution in [2.45, 2.75) is 6.42 Å². The van der Waals surface area contributed by atoms with E-state index in [2.05, 4.69) is 24.5 Å². The van der Waals surface area contributed by atoms with Crippen molar-refractivity contribution in [3.8, 4) is 0 Å². The zero-order valence-corrected chi connectivity index (χ0v) is 5.80. The Bertz CT molecular complexity index is 168. The lowest BCUT2D eigenvalue weighted by Gasteiger charge is -1.96. The molecule has 0 radical (unpaired) electrons. The minimum absolute atomic E-state index is 0.176. The largest absolute Gasteiger partial charge is 0.435 e. The molecule has 0 aliphatic rings. The first kappa shape index (κ1) is 8.69. The Morgan fingerprint density at radius 1 is 1.50 bits per heavy atom. The summed E-state index contributed by atoms with van der Waals surface area (Å²) < 4.78 is 4.43. The van der Waals surface area contributed by atoms with Gasteiger partial charge in [0.2, 0.25) is 0 Å². The predicted molar refractivity (Wildman–Crippen MR) is 40.2 cm³/mol. The molecule has 0 aliphatic heterocycles. The first-order chi connectivity index (χ1) is 4.70. The number of allylic oxidation sites excluding steroid dienone is 1. The molecule has 0 fully saturated rings. The van der Waals surface area contributed by atoms with Crippen molar-refractivity contribution in [1.82, 2.24) is 0 Å². The van der Waals surface area contributed by atoms with Crippen LogP contribution in [0, 0.1) is 0 Å². The van der Waals surface area contributed by atoms with Gasteiger partial charge in [0.1, 0.15) is 0 Å². The van der Waals surface area contributed by atoms with Crippen LogP contribution in [0.4, 0.5) is 0 Å².